The zero-order valence-corrected chi connectivity index (χ0v) is 19.4. The van der Waals surface area contributed by atoms with Gasteiger partial charge in [-0.25, -0.2) is 0 Å². The van der Waals surface area contributed by atoms with Crippen molar-refractivity contribution >= 4 is 16.3 Å². The summed E-state index contributed by atoms with van der Waals surface area (Å²) >= 11 is 0. The molecular formula is C28H31N3O2. The highest BCUT2D eigenvalue weighted by Crippen LogP contribution is 2.67. The predicted molar refractivity (Wildman–Crippen MR) is 127 cm³/mol. The van der Waals surface area contributed by atoms with Gasteiger partial charge >= 0.3 is 0 Å². The number of rotatable bonds is 2. The average Bonchev–Trinajstić information content (AvgIpc) is 3.33. The third-order valence-corrected chi connectivity index (χ3v) is 9.63. The van der Waals surface area contributed by atoms with E-state index in [-0.39, 0.29) is 22.7 Å². The van der Waals surface area contributed by atoms with E-state index in [0.29, 0.717) is 5.92 Å². The Kier molecular flexibility index (Phi) is 4.03. The fraction of sp³-hybridized carbons (Fsp3) is 0.500. The molecule has 1 aromatic heterocycles. The smallest absolute Gasteiger partial charge is 0.0980 e. The van der Waals surface area contributed by atoms with Gasteiger partial charge in [0.2, 0.25) is 0 Å². The van der Waals surface area contributed by atoms with E-state index in [1.54, 1.807) is 7.05 Å². The van der Waals surface area contributed by atoms with E-state index in [1.807, 2.05) is 12.4 Å². The van der Waals surface area contributed by atoms with Crippen LogP contribution in [0.15, 0.2) is 60.0 Å². The molecule has 0 unspecified atom stereocenters. The molecule has 2 fully saturated rings. The standard InChI is InChI=1S/C28H31N3O2/c1-26-10-9-22-14-21-5-6-23(31(2)32)15-27(21)11-12-28(22,33-27)25(26)8-7-24(26)18-3-4-19-16-29-30-17-20(19)13-18/h3-4,7,9,13-14,16-17,23,25,32H,5-6,8,10-12,15H2,1-2H3/t23-,25-,26-,27-,28-/m1/s1. The molecule has 0 radical (unpaired) electrons. The van der Waals surface area contributed by atoms with Gasteiger partial charge in [0.15, 0.2) is 0 Å². The van der Waals surface area contributed by atoms with E-state index in [0.717, 1.165) is 55.7 Å². The third-order valence-electron chi connectivity index (χ3n) is 9.63. The Bertz CT molecular complexity index is 1260. The summed E-state index contributed by atoms with van der Waals surface area (Å²) < 4.78 is 7.27. The van der Waals surface area contributed by atoms with Gasteiger partial charge in [-0.15, -0.1) is 0 Å². The molecule has 1 aromatic carbocycles. The van der Waals surface area contributed by atoms with Crippen molar-refractivity contribution in [3.63, 3.8) is 0 Å². The molecule has 3 aliphatic carbocycles. The van der Waals surface area contributed by atoms with Crippen molar-refractivity contribution in [1.29, 1.82) is 0 Å². The Hall–Kier alpha value is -2.34. The highest BCUT2D eigenvalue weighted by Gasteiger charge is 2.65. The quantitative estimate of drug-likeness (QED) is 0.626. The van der Waals surface area contributed by atoms with Gasteiger partial charge in [-0.05, 0) is 73.3 Å². The monoisotopic (exact) mass is 441 g/mol. The van der Waals surface area contributed by atoms with E-state index in [1.165, 1.54) is 27.3 Å². The highest BCUT2D eigenvalue weighted by molar-refractivity contribution is 5.86. The van der Waals surface area contributed by atoms with Crippen LogP contribution in [0.4, 0.5) is 0 Å². The number of hydrogen-bond donors (Lipinski definition) is 1. The van der Waals surface area contributed by atoms with Crippen LogP contribution in [0, 0.1) is 11.3 Å². The molecule has 5 nitrogen and oxygen atoms in total. The van der Waals surface area contributed by atoms with Gasteiger partial charge in [-0.3, -0.25) is 0 Å². The van der Waals surface area contributed by atoms with Gasteiger partial charge in [0.05, 0.1) is 23.6 Å². The Balaban J connectivity index is 1.28. The number of nitrogens with zero attached hydrogens (tertiary/aromatic N) is 3. The van der Waals surface area contributed by atoms with Crippen molar-refractivity contribution < 1.29 is 9.94 Å². The molecular weight excluding hydrogens is 410 g/mol. The van der Waals surface area contributed by atoms with E-state index >= 15 is 0 Å². The van der Waals surface area contributed by atoms with E-state index in [4.69, 9.17) is 4.74 Å². The van der Waals surface area contributed by atoms with E-state index in [9.17, 15) is 5.21 Å². The van der Waals surface area contributed by atoms with E-state index < -0.39 is 0 Å². The molecule has 2 spiro atoms. The Morgan fingerprint density at radius 1 is 1.12 bits per heavy atom. The first-order chi connectivity index (χ1) is 15.9. The van der Waals surface area contributed by atoms with Crippen molar-refractivity contribution in [2.45, 2.75) is 69.1 Å². The zero-order valence-electron chi connectivity index (χ0n) is 19.4. The van der Waals surface area contributed by atoms with Crippen molar-refractivity contribution in [1.82, 2.24) is 15.3 Å². The van der Waals surface area contributed by atoms with Crippen LogP contribution in [-0.2, 0) is 4.74 Å². The predicted octanol–water partition coefficient (Wildman–Crippen LogP) is 5.47. The van der Waals surface area contributed by atoms with Crippen LogP contribution in [0.2, 0.25) is 0 Å². The molecule has 1 saturated heterocycles. The van der Waals surface area contributed by atoms with Gasteiger partial charge in [-0.2, -0.15) is 15.3 Å². The lowest BCUT2D eigenvalue weighted by atomic mass is 9.58. The number of aromatic nitrogens is 2. The highest BCUT2D eigenvalue weighted by atomic mass is 16.5. The van der Waals surface area contributed by atoms with Crippen LogP contribution in [0.3, 0.4) is 0 Å². The van der Waals surface area contributed by atoms with Gasteiger partial charge in [-0.1, -0.05) is 37.3 Å². The maximum Gasteiger partial charge on any atom is 0.0980 e. The summed E-state index contributed by atoms with van der Waals surface area (Å²) in [7, 11) is 1.79. The van der Waals surface area contributed by atoms with Crippen LogP contribution in [0.1, 0.15) is 57.4 Å². The summed E-state index contributed by atoms with van der Waals surface area (Å²) in [6.45, 7) is 2.45. The number of ether oxygens (including phenoxy) is 1. The summed E-state index contributed by atoms with van der Waals surface area (Å²) in [6, 6.07) is 6.87. The number of hydrogen-bond acceptors (Lipinski definition) is 5. The maximum absolute atomic E-state index is 10.2. The topological polar surface area (TPSA) is 58.5 Å². The van der Waals surface area contributed by atoms with Crippen LogP contribution in [-0.4, -0.2) is 44.8 Å². The number of allylic oxidation sites excluding steroid dienone is 3. The summed E-state index contributed by atoms with van der Waals surface area (Å²) in [5.41, 5.74) is 5.29. The first-order valence-electron chi connectivity index (χ1n) is 12.4. The summed E-state index contributed by atoms with van der Waals surface area (Å²) in [4.78, 5) is 0. The second-order valence-electron chi connectivity index (χ2n) is 11.1. The van der Waals surface area contributed by atoms with Crippen molar-refractivity contribution in [2.24, 2.45) is 11.3 Å². The fourth-order valence-corrected chi connectivity index (χ4v) is 7.89. The average molecular weight is 442 g/mol. The minimum absolute atomic E-state index is 0.0519. The lowest BCUT2D eigenvalue weighted by molar-refractivity contribution is -0.165. The maximum atomic E-state index is 10.2. The molecule has 5 atom stereocenters. The molecule has 1 N–H and O–H groups in total. The first kappa shape index (κ1) is 20.1. The SMILES string of the molecule is CN(O)[C@@H]1CCC2=CC3=CC[C@]4(C)C(c5ccc6cnncc6c5)=CC[C@H]4[C@@]34CC[C@]2(C1)O4. The first-order valence-corrected chi connectivity index (χ1v) is 12.4. The molecule has 3 heterocycles. The third kappa shape index (κ3) is 2.59. The number of fused-ring (bicyclic) bond motifs is 2. The van der Waals surface area contributed by atoms with Crippen LogP contribution < -0.4 is 0 Å². The second-order valence-corrected chi connectivity index (χ2v) is 11.1. The largest absolute Gasteiger partial charge is 0.359 e. The molecule has 2 aromatic rings. The van der Waals surface area contributed by atoms with Crippen molar-refractivity contribution in [2.75, 3.05) is 7.05 Å². The van der Waals surface area contributed by atoms with Gasteiger partial charge < -0.3 is 9.94 Å². The Morgan fingerprint density at radius 2 is 1.97 bits per heavy atom. The molecule has 1 saturated carbocycles. The summed E-state index contributed by atoms with van der Waals surface area (Å²) in [5, 5.41) is 22.0. The molecule has 7 rings (SSSR count). The Morgan fingerprint density at radius 3 is 2.82 bits per heavy atom. The summed E-state index contributed by atoms with van der Waals surface area (Å²) in [5.74, 6) is 0.440. The summed E-state index contributed by atoms with van der Waals surface area (Å²) in [6.07, 6.45) is 18.3. The zero-order chi connectivity index (χ0) is 22.4. The normalized spacial score (nSPS) is 39.0. The minimum atomic E-state index is -0.201. The second kappa shape index (κ2) is 6.62. The molecule has 2 bridgehead atoms. The molecule has 0 amide bonds. The van der Waals surface area contributed by atoms with E-state index in [2.05, 4.69) is 53.5 Å². The van der Waals surface area contributed by atoms with Gasteiger partial charge in [0, 0.05) is 35.2 Å². The van der Waals surface area contributed by atoms with Crippen molar-refractivity contribution in [3.8, 4) is 0 Å². The molecule has 170 valence electrons. The lowest BCUT2D eigenvalue weighted by Gasteiger charge is -2.54. The fourth-order valence-electron chi connectivity index (χ4n) is 7.89. The van der Waals surface area contributed by atoms with Crippen molar-refractivity contribution in [3.05, 3.63) is 65.5 Å². The number of benzene rings is 1. The lowest BCUT2D eigenvalue weighted by Crippen LogP contribution is -2.54. The number of hydroxylamine groups is 2. The molecule has 5 heteroatoms. The van der Waals surface area contributed by atoms with Crippen LogP contribution in [0.5, 0.6) is 0 Å². The molecule has 5 aliphatic rings. The Labute approximate surface area is 194 Å². The molecule has 2 aliphatic heterocycles. The minimum Gasteiger partial charge on any atom is -0.359 e. The van der Waals surface area contributed by atoms with Crippen LogP contribution >= 0.6 is 0 Å². The van der Waals surface area contributed by atoms with Gasteiger partial charge in [0.1, 0.15) is 0 Å². The molecule has 33 heavy (non-hydrogen) atoms. The van der Waals surface area contributed by atoms with Crippen LogP contribution in [0.25, 0.3) is 16.3 Å². The van der Waals surface area contributed by atoms with Gasteiger partial charge in [0.25, 0.3) is 0 Å².